The molecule has 168 valence electrons. The maximum absolute atomic E-state index is 2.99. The molecule has 0 aliphatic heterocycles. The van der Waals surface area contributed by atoms with E-state index in [1.165, 1.54) is 31.9 Å². The molecule has 5 aromatic carbocycles. The van der Waals surface area contributed by atoms with E-state index in [1.807, 2.05) is 12.2 Å². The number of rotatable bonds is 2. The van der Waals surface area contributed by atoms with Crippen LogP contribution >= 0.6 is 0 Å². The quantitative estimate of drug-likeness (QED) is 0.228. The van der Waals surface area contributed by atoms with Gasteiger partial charge in [-0.3, -0.25) is 6.08 Å². The zero-order chi connectivity index (χ0) is 22.0. The predicted molar refractivity (Wildman–Crippen MR) is 137 cm³/mol. The minimum atomic E-state index is -0.545. The van der Waals surface area contributed by atoms with Crippen molar-refractivity contribution in [3.05, 3.63) is 140 Å². The van der Waals surface area contributed by atoms with Gasteiger partial charge in [0.15, 0.2) is 0 Å². The topological polar surface area (TPSA) is 0 Å². The standard InChI is InChI=1S/C13H9.C12H10Si.C5H5.2ClH.Ti/c1-3-7-12-10(5-1)9-11-6-2-4-8-13(11)12;1-3-7-11(8-4-1)13-12-9-5-2-6-10-12;1-2-4-5-3-1;;;/h1-9H;1-10H;1-3H,4H2;2*1H;/q-1;;-1;;;+2/p-2. The van der Waals surface area contributed by atoms with Crippen molar-refractivity contribution in [1.82, 2.24) is 0 Å². The third-order valence-electron chi connectivity index (χ3n) is 5.23. The van der Waals surface area contributed by atoms with Gasteiger partial charge in [0.1, 0.15) is 0 Å². The molecule has 0 spiro atoms. The molecule has 0 unspecified atom stereocenters. The Kier molecular flexibility index (Phi) is 12.3. The fraction of sp³-hybridized carbons (Fsp3) is 0.0333. The summed E-state index contributed by atoms with van der Waals surface area (Å²) in [5.74, 6) is 0. The van der Waals surface area contributed by atoms with Crippen molar-refractivity contribution >= 4 is 38.1 Å². The van der Waals surface area contributed by atoms with Gasteiger partial charge in [0.05, 0.1) is 0 Å². The van der Waals surface area contributed by atoms with E-state index in [-0.39, 0.29) is 24.8 Å². The number of halogens is 2. The molecule has 34 heavy (non-hydrogen) atoms. The van der Waals surface area contributed by atoms with Crippen LogP contribution in [0.2, 0.25) is 0 Å². The van der Waals surface area contributed by atoms with Crippen LogP contribution in [0.4, 0.5) is 0 Å². The average Bonchev–Trinajstić information content (AvgIpc) is 3.57. The Morgan fingerprint density at radius 3 is 1.44 bits per heavy atom. The summed E-state index contributed by atoms with van der Waals surface area (Å²) in [6, 6.07) is 40.8. The summed E-state index contributed by atoms with van der Waals surface area (Å²) in [7, 11) is 0. The van der Waals surface area contributed by atoms with Gasteiger partial charge in [0, 0.05) is 0 Å². The third kappa shape index (κ3) is 7.63. The molecule has 5 aromatic rings. The Balaban J connectivity index is 0.000000191. The molecule has 0 amide bonds. The molecule has 0 radical (unpaired) electrons. The van der Waals surface area contributed by atoms with E-state index in [9.17, 15) is 0 Å². The van der Waals surface area contributed by atoms with Gasteiger partial charge in [0.25, 0.3) is 0 Å². The fourth-order valence-corrected chi connectivity index (χ4v) is 6.57. The van der Waals surface area contributed by atoms with E-state index < -0.39 is 6.19 Å². The average molecular weight is 531 g/mol. The molecule has 0 N–H and O–H groups in total. The maximum atomic E-state index is 2.99. The Morgan fingerprint density at radius 2 is 1.06 bits per heavy atom. The van der Waals surface area contributed by atoms with Crippen LogP contribution < -0.4 is 35.2 Å². The van der Waals surface area contributed by atoms with Crippen LogP contribution in [-0.4, -0.2) is 6.19 Å². The second-order valence-electron chi connectivity index (χ2n) is 7.43. The van der Waals surface area contributed by atoms with E-state index in [4.69, 9.17) is 0 Å². The first-order valence-electron chi connectivity index (χ1n) is 10.8. The molecule has 0 nitrogen and oxygen atoms in total. The van der Waals surface area contributed by atoms with E-state index in [0.29, 0.717) is 0 Å². The normalized spacial score (nSPS) is 10.9. The molecular weight excluding hydrogens is 507 g/mol. The molecule has 0 heterocycles. The van der Waals surface area contributed by atoms with Crippen LogP contribution in [-0.2, 0) is 19.2 Å². The van der Waals surface area contributed by atoms with Crippen LogP contribution in [0.15, 0.2) is 133 Å². The largest absolute Gasteiger partial charge is 0.126 e. The molecule has 1 aliphatic carbocycles. The van der Waals surface area contributed by atoms with Crippen molar-refractivity contribution in [2.24, 2.45) is 0 Å². The minimum absolute atomic E-state index is 0. The van der Waals surface area contributed by atoms with Gasteiger partial charge in [-0.1, -0.05) is 36.4 Å². The zero-order valence-electron chi connectivity index (χ0n) is 18.7. The van der Waals surface area contributed by atoms with Crippen molar-refractivity contribution in [3.63, 3.8) is 0 Å². The van der Waals surface area contributed by atoms with Crippen molar-refractivity contribution in [1.29, 1.82) is 0 Å². The van der Waals surface area contributed by atoms with Crippen molar-refractivity contribution in [3.8, 4) is 0 Å². The first kappa shape index (κ1) is 28.0. The Hall–Kier alpha value is -2.26. The van der Waals surface area contributed by atoms with Gasteiger partial charge < -0.3 is 24.8 Å². The summed E-state index contributed by atoms with van der Waals surface area (Å²) >= 11 is 2.34. The fourth-order valence-electron chi connectivity index (χ4n) is 3.62. The first-order valence-corrected chi connectivity index (χ1v) is 14.6. The molecule has 6 rings (SSSR count). The predicted octanol–water partition coefficient (Wildman–Crippen LogP) is 0.365. The minimum Gasteiger partial charge on any atom is -0.126 e. The summed E-state index contributed by atoms with van der Waals surface area (Å²) in [5.41, 5.74) is 0. The number of hydrogen-bond acceptors (Lipinski definition) is 0. The molecular formula is C30H24Cl2SiTi-2. The van der Waals surface area contributed by atoms with E-state index in [0.717, 1.165) is 6.42 Å². The van der Waals surface area contributed by atoms with Crippen LogP contribution in [0, 0.1) is 6.08 Å². The SMILES string of the molecule is [C-]1=CC=CC1.[Cl-].[Cl-].[Ti+2]=[Si](c1ccccc1)c1ccccc1.c1ccc2c(c1)[cH-]c1ccccc12. The molecule has 0 aromatic heterocycles. The number of fused-ring (bicyclic) bond motifs is 3. The van der Waals surface area contributed by atoms with E-state index in [1.54, 1.807) is 0 Å². The number of hydrogen-bond donors (Lipinski definition) is 0. The van der Waals surface area contributed by atoms with Crippen LogP contribution in [0.3, 0.4) is 0 Å². The zero-order valence-corrected chi connectivity index (χ0v) is 22.7. The van der Waals surface area contributed by atoms with Crippen LogP contribution in [0.1, 0.15) is 6.42 Å². The first-order chi connectivity index (χ1) is 15.8. The Labute approximate surface area is 226 Å². The van der Waals surface area contributed by atoms with Gasteiger partial charge in [-0.2, -0.15) is 6.08 Å². The summed E-state index contributed by atoms with van der Waals surface area (Å²) in [6.07, 6.45) is 9.46. The van der Waals surface area contributed by atoms with Gasteiger partial charge >= 0.3 is 96.4 Å². The maximum Gasteiger partial charge on any atom is -0.0771 e. The molecule has 4 heteroatoms. The molecule has 0 saturated carbocycles. The molecule has 0 fully saturated rings. The van der Waals surface area contributed by atoms with Crippen LogP contribution in [0.25, 0.3) is 21.5 Å². The van der Waals surface area contributed by atoms with Gasteiger partial charge in [0.2, 0.25) is 0 Å². The van der Waals surface area contributed by atoms with Crippen molar-refractivity contribution in [2.45, 2.75) is 6.42 Å². The molecule has 0 saturated heterocycles. The molecule has 0 bridgehead atoms. The Bertz CT molecular complexity index is 1250. The van der Waals surface area contributed by atoms with Crippen molar-refractivity contribution in [2.75, 3.05) is 0 Å². The second kappa shape index (κ2) is 14.9. The monoisotopic (exact) mass is 530 g/mol. The summed E-state index contributed by atoms with van der Waals surface area (Å²) in [4.78, 5) is 0. The van der Waals surface area contributed by atoms with E-state index >= 15 is 0 Å². The summed E-state index contributed by atoms with van der Waals surface area (Å²) < 4.78 is 0. The second-order valence-corrected chi connectivity index (χ2v) is 11.7. The van der Waals surface area contributed by atoms with Gasteiger partial charge in [-0.05, 0) is 0 Å². The van der Waals surface area contributed by atoms with E-state index in [2.05, 4.69) is 147 Å². The summed E-state index contributed by atoms with van der Waals surface area (Å²) in [5, 5.41) is 8.34. The van der Waals surface area contributed by atoms with Gasteiger partial charge in [-0.15, -0.1) is 46.2 Å². The van der Waals surface area contributed by atoms with Crippen molar-refractivity contribution < 1.29 is 44.0 Å². The molecule has 0 atom stereocenters. The number of benzene rings is 4. The van der Waals surface area contributed by atoms with Gasteiger partial charge in [-0.25, -0.2) is 12.2 Å². The van der Waals surface area contributed by atoms with Crippen LogP contribution in [0.5, 0.6) is 0 Å². The smallest absolute Gasteiger partial charge is 0.0771 e. The molecule has 1 aliphatic rings. The Morgan fingerprint density at radius 1 is 0.618 bits per heavy atom. The number of allylic oxidation sites excluding steroid dienone is 4. The summed E-state index contributed by atoms with van der Waals surface area (Å²) in [6.45, 7) is 0. The third-order valence-corrected chi connectivity index (χ3v) is 9.76.